The second kappa shape index (κ2) is 14.9. The maximum atomic E-state index is 13.9. The Labute approximate surface area is 341 Å². The number of hydrogen-bond acceptors (Lipinski definition) is 9. The first-order valence-corrected chi connectivity index (χ1v) is 20.5. The lowest BCUT2D eigenvalue weighted by Crippen LogP contribution is -2.52. The van der Waals surface area contributed by atoms with Crippen molar-refractivity contribution >= 4 is 46.1 Å². The maximum Gasteiger partial charge on any atom is 0.407 e. The summed E-state index contributed by atoms with van der Waals surface area (Å²) in [6, 6.07) is 18.2. The molecule has 2 aliphatic heterocycles. The average molecular weight is 803 g/mol. The number of nitrogens with one attached hydrogen (secondary N) is 4. The van der Waals surface area contributed by atoms with Gasteiger partial charge in [-0.1, -0.05) is 45.9 Å². The van der Waals surface area contributed by atoms with Gasteiger partial charge in [0.1, 0.15) is 35.2 Å². The van der Waals surface area contributed by atoms with Crippen molar-refractivity contribution in [2.75, 3.05) is 14.2 Å². The van der Waals surface area contributed by atoms with Crippen molar-refractivity contribution in [3.05, 3.63) is 72.3 Å². The molecule has 2 saturated carbocycles. The first-order chi connectivity index (χ1) is 28.4. The van der Waals surface area contributed by atoms with Crippen LogP contribution in [0.4, 0.5) is 9.59 Å². The molecule has 2 aromatic heterocycles. The van der Waals surface area contributed by atoms with Gasteiger partial charge in [0.2, 0.25) is 11.8 Å². The Morgan fingerprint density at radius 2 is 1.14 bits per heavy atom. The van der Waals surface area contributed by atoms with Gasteiger partial charge in [-0.3, -0.25) is 9.59 Å². The lowest BCUT2D eigenvalue weighted by Gasteiger charge is -2.31. The smallest absolute Gasteiger partial charge is 0.407 e. The fourth-order valence-electron chi connectivity index (χ4n) is 9.23. The van der Waals surface area contributed by atoms with Gasteiger partial charge in [0.05, 0.1) is 48.4 Å². The van der Waals surface area contributed by atoms with Gasteiger partial charge in [0.25, 0.3) is 0 Å². The number of rotatable bonds is 11. The first kappa shape index (κ1) is 38.4. The molecule has 5 aromatic rings. The molecule has 308 valence electrons. The number of fused-ring (bicyclic) bond motifs is 4. The number of carbonyl (C=O) groups excluding carboxylic acids is 4. The third kappa shape index (κ3) is 7.20. The summed E-state index contributed by atoms with van der Waals surface area (Å²) >= 11 is 0. The Bertz CT molecular complexity index is 2460. The summed E-state index contributed by atoms with van der Waals surface area (Å²) in [5.41, 5.74) is 5.19. The van der Waals surface area contributed by atoms with Gasteiger partial charge in [-0.2, -0.15) is 0 Å². The molecule has 15 heteroatoms. The number of alkyl carbamates (subject to hydrolysis) is 2. The highest BCUT2D eigenvalue weighted by Crippen LogP contribution is 2.54. The van der Waals surface area contributed by atoms with Gasteiger partial charge in [0.15, 0.2) is 0 Å². The zero-order chi connectivity index (χ0) is 41.3. The second-order valence-electron chi connectivity index (χ2n) is 17.1. The molecule has 4 heterocycles. The minimum Gasteiger partial charge on any atom is -0.457 e. The SMILES string of the molecule is COC(=O)NC(C(=O)N1[C@H](c2nc3ccc(Oc4cccc(-c5ccc6nc([C@@H]7C[C@H]8C[C@H]8N7C(=O)[C@@H](NC(=O)OC)C(C)C)[nH]c6c5)c4)cc3[nH]2)C[C@H]2C[C@@H]21)C(C)C. The molecule has 4 aliphatic rings. The van der Waals surface area contributed by atoms with E-state index in [4.69, 9.17) is 24.2 Å². The van der Waals surface area contributed by atoms with Gasteiger partial charge in [-0.25, -0.2) is 19.6 Å². The average Bonchev–Trinajstić information content (AvgIpc) is 3.89. The summed E-state index contributed by atoms with van der Waals surface area (Å²) in [6.07, 6.45) is 2.32. The largest absolute Gasteiger partial charge is 0.457 e. The number of aromatic nitrogens is 4. The van der Waals surface area contributed by atoms with Gasteiger partial charge < -0.3 is 44.6 Å². The Morgan fingerprint density at radius 1 is 0.644 bits per heavy atom. The minimum atomic E-state index is -0.698. The van der Waals surface area contributed by atoms with Crippen LogP contribution in [0.1, 0.15) is 77.1 Å². The van der Waals surface area contributed by atoms with Gasteiger partial charge in [-0.15, -0.1) is 0 Å². The minimum absolute atomic E-state index is 0.111. The van der Waals surface area contributed by atoms with E-state index in [-0.39, 0.29) is 47.8 Å². The van der Waals surface area contributed by atoms with Crippen LogP contribution in [0.2, 0.25) is 0 Å². The van der Waals surface area contributed by atoms with Crippen LogP contribution in [-0.2, 0) is 19.1 Å². The zero-order valence-corrected chi connectivity index (χ0v) is 34.0. The van der Waals surface area contributed by atoms with Crippen molar-refractivity contribution in [3.8, 4) is 22.6 Å². The van der Waals surface area contributed by atoms with Crippen molar-refractivity contribution in [1.82, 2.24) is 40.4 Å². The number of aromatic amines is 2. The lowest BCUT2D eigenvalue weighted by molar-refractivity contribution is -0.137. The third-order valence-corrected chi connectivity index (χ3v) is 12.5. The van der Waals surface area contributed by atoms with Crippen LogP contribution in [0.25, 0.3) is 33.2 Å². The number of piperidine rings is 2. The number of imidazole rings is 2. The summed E-state index contributed by atoms with van der Waals surface area (Å²) in [4.78, 5) is 72.6. The molecular formula is C44H50N8O7. The van der Waals surface area contributed by atoms with Crippen molar-refractivity contribution in [2.45, 2.75) is 89.6 Å². The molecule has 2 saturated heterocycles. The van der Waals surface area contributed by atoms with Crippen molar-refractivity contribution in [3.63, 3.8) is 0 Å². The molecule has 8 atom stereocenters. The number of ether oxygens (including phenoxy) is 3. The van der Waals surface area contributed by atoms with Crippen molar-refractivity contribution in [2.24, 2.45) is 23.7 Å². The summed E-state index contributed by atoms with van der Waals surface area (Å²) in [7, 11) is 2.59. The van der Waals surface area contributed by atoms with E-state index in [1.54, 1.807) is 0 Å². The number of amides is 4. The Morgan fingerprint density at radius 3 is 1.66 bits per heavy atom. The monoisotopic (exact) mass is 802 g/mol. The molecule has 1 unspecified atom stereocenters. The van der Waals surface area contributed by atoms with E-state index in [0.717, 1.165) is 70.5 Å². The fourth-order valence-corrected chi connectivity index (χ4v) is 9.23. The highest BCUT2D eigenvalue weighted by molar-refractivity contribution is 5.89. The topological polar surface area (TPSA) is 184 Å². The normalized spacial score (nSPS) is 23.9. The number of likely N-dealkylation sites (tertiary alicyclic amines) is 2. The van der Waals surface area contributed by atoms with E-state index in [0.29, 0.717) is 23.3 Å². The van der Waals surface area contributed by atoms with Gasteiger partial charge >= 0.3 is 12.2 Å². The molecular weight excluding hydrogens is 753 g/mol. The van der Waals surface area contributed by atoms with E-state index in [2.05, 4.69) is 26.7 Å². The van der Waals surface area contributed by atoms with E-state index in [1.165, 1.54) is 14.2 Å². The molecule has 15 nitrogen and oxygen atoms in total. The van der Waals surface area contributed by atoms with Crippen molar-refractivity contribution in [1.29, 1.82) is 0 Å². The van der Waals surface area contributed by atoms with E-state index in [1.807, 2.05) is 92.1 Å². The molecule has 0 spiro atoms. The molecule has 9 rings (SSSR count). The number of carbonyl (C=O) groups is 4. The second-order valence-corrected chi connectivity index (χ2v) is 17.1. The molecule has 59 heavy (non-hydrogen) atoms. The fraction of sp³-hybridized carbons (Fsp3) is 0.455. The summed E-state index contributed by atoms with van der Waals surface area (Å²) in [6.45, 7) is 7.66. The van der Waals surface area contributed by atoms with E-state index in [9.17, 15) is 19.2 Å². The van der Waals surface area contributed by atoms with Crippen LogP contribution >= 0.6 is 0 Å². The van der Waals surface area contributed by atoms with Crippen LogP contribution in [0, 0.1) is 23.7 Å². The third-order valence-electron chi connectivity index (χ3n) is 12.5. The van der Waals surface area contributed by atoms with Crippen LogP contribution in [-0.4, -0.2) is 92.1 Å². The quantitative estimate of drug-likeness (QED) is 0.109. The lowest BCUT2D eigenvalue weighted by atomic mass is 10.0. The summed E-state index contributed by atoms with van der Waals surface area (Å²) in [5, 5.41) is 5.48. The summed E-state index contributed by atoms with van der Waals surface area (Å²) < 4.78 is 16.0. The van der Waals surface area contributed by atoms with Crippen LogP contribution in [0.15, 0.2) is 60.7 Å². The van der Waals surface area contributed by atoms with Crippen LogP contribution < -0.4 is 15.4 Å². The molecule has 0 radical (unpaired) electrons. The van der Waals surface area contributed by atoms with E-state index < -0.39 is 24.3 Å². The number of hydrogen-bond donors (Lipinski definition) is 4. The first-order valence-electron chi connectivity index (χ1n) is 20.5. The highest BCUT2D eigenvalue weighted by atomic mass is 16.5. The molecule has 4 N–H and O–H groups in total. The van der Waals surface area contributed by atoms with Gasteiger partial charge in [0, 0.05) is 18.2 Å². The number of nitrogens with zero attached hydrogens (tertiary/aromatic N) is 4. The Hall–Kier alpha value is -6.12. The summed E-state index contributed by atoms with van der Waals surface area (Å²) in [5.74, 6) is 3.16. The maximum absolute atomic E-state index is 13.9. The highest BCUT2D eigenvalue weighted by Gasteiger charge is 2.57. The molecule has 3 aromatic carbocycles. The van der Waals surface area contributed by atoms with Crippen molar-refractivity contribution < 1.29 is 33.4 Å². The molecule has 0 bridgehead atoms. The standard InChI is InChI=1S/C44H50N8O7/c1-21(2)37(49-43(55)57-5)41(53)51-33-16-25(33)18-35(51)39-45-29-12-10-24(15-31(29)47-39)23-8-7-9-27(14-23)59-28-11-13-30-32(20-28)48-40(46-30)36-19-26-17-34(26)52(36)42(54)38(22(3)4)50-44(56)58-6/h7-15,20-22,25-26,33-38H,16-19H2,1-6H3,(H,45,47)(H,46,48)(H,49,55)(H,50,56)/t25-,26-,33-,34+,35+,36+,37+,38?/m1/s1. The Balaban J connectivity index is 0.911. The van der Waals surface area contributed by atoms with Crippen LogP contribution in [0.5, 0.6) is 11.5 Å². The molecule has 4 amide bonds. The number of H-pyrrole nitrogens is 2. The van der Waals surface area contributed by atoms with E-state index >= 15 is 0 Å². The Kier molecular flexibility index (Phi) is 9.71. The predicted molar refractivity (Wildman–Crippen MR) is 218 cm³/mol. The zero-order valence-electron chi connectivity index (χ0n) is 34.0. The molecule has 2 aliphatic carbocycles. The number of benzene rings is 3. The van der Waals surface area contributed by atoms with Gasteiger partial charge in [-0.05, 0) is 96.9 Å². The molecule has 4 fully saturated rings. The number of methoxy groups -OCH3 is 2. The predicted octanol–water partition coefficient (Wildman–Crippen LogP) is 6.98. The van der Waals surface area contributed by atoms with Crippen LogP contribution in [0.3, 0.4) is 0 Å².